The summed E-state index contributed by atoms with van der Waals surface area (Å²) in [5, 5.41) is 4.97. The second-order valence-electron chi connectivity index (χ2n) is 8.52. The van der Waals surface area contributed by atoms with Crippen molar-refractivity contribution in [2.45, 2.75) is 123 Å². The van der Waals surface area contributed by atoms with Gasteiger partial charge in [-0.1, -0.05) is 97.3 Å². The van der Waals surface area contributed by atoms with E-state index in [0.29, 0.717) is 12.8 Å². The number of Topliss-reactive ketones (excluding diaryl/α,β-unsaturated/α-hetero) is 1. The van der Waals surface area contributed by atoms with Crippen LogP contribution in [0.5, 0.6) is 0 Å². The van der Waals surface area contributed by atoms with Crippen LogP contribution in [-0.2, 0) is 23.9 Å². The summed E-state index contributed by atoms with van der Waals surface area (Å²) in [7, 11) is 1.24. The monoisotopic (exact) mass is 454 g/mol. The van der Waals surface area contributed by atoms with Crippen molar-refractivity contribution in [2.24, 2.45) is 0 Å². The summed E-state index contributed by atoms with van der Waals surface area (Å²) in [5.74, 6) is -2.25. The molecule has 2 N–H and O–H groups in total. The zero-order chi connectivity index (χ0) is 24.0. The third-order valence-electron chi connectivity index (χ3n) is 5.61. The molecule has 7 heteroatoms. The van der Waals surface area contributed by atoms with Crippen LogP contribution in [0.15, 0.2) is 0 Å². The molecule has 0 aromatic rings. The highest BCUT2D eigenvalue weighted by Gasteiger charge is 2.23. The van der Waals surface area contributed by atoms with Crippen molar-refractivity contribution in [3.05, 3.63) is 0 Å². The molecule has 0 aliphatic carbocycles. The molecule has 186 valence electrons. The maximum atomic E-state index is 12.3. The summed E-state index contributed by atoms with van der Waals surface area (Å²) in [5.41, 5.74) is 0. The molecule has 0 aromatic carbocycles. The smallest absolute Gasteiger partial charge is 0.325 e. The third kappa shape index (κ3) is 16.7. The summed E-state index contributed by atoms with van der Waals surface area (Å²) < 4.78 is 4.49. The Balaban J connectivity index is 4.01. The number of methoxy groups -OCH3 is 1. The van der Waals surface area contributed by atoms with E-state index < -0.39 is 29.6 Å². The Morgan fingerprint density at radius 3 is 1.72 bits per heavy atom. The Morgan fingerprint density at radius 2 is 1.22 bits per heavy atom. The van der Waals surface area contributed by atoms with Gasteiger partial charge in [-0.2, -0.15) is 0 Å². The normalized spacial score (nSPS) is 11.6. The molecular formula is C25H46N2O5. The standard InChI is InChI=1S/C25H46N2O5/c1-4-6-8-9-10-11-12-13-14-15-16-17-19-22(28)25(31)27-21(18-7-5-2)24(30)26-20-23(29)32-3/h21H,4-20H2,1-3H3,(H,26,30)(H,27,31). The minimum atomic E-state index is -0.821. The second kappa shape index (κ2) is 21.0. The molecule has 0 saturated heterocycles. The van der Waals surface area contributed by atoms with Crippen molar-refractivity contribution in [2.75, 3.05) is 13.7 Å². The number of nitrogens with one attached hydrogen (secondary N) is 2. The maximum Gasteiger partial charge on any atom is 0.325 e. The fourth-order valence-electron chi connectivity index (χ4n) is 3.51. The molecule has 0 spiro atoms. The van der Waals surface area contributed by atoms with Crippen LogP contribution in [0.3, 0.4) is 0 Å². The van der Waals surface area contributed by atoms with E-state index >= 15 is 0 Å². The van der Waals surface area contributed by atoms with Crippen LogP contribution >= 0.6 is 0 Å². The fraction of sp³-hybridized carbons (Fsp3) is 0.840. The van der Waals surface area contributed by atoms with E-state index in [-0.39, 0.29) is 13.0 Å². The average molecular weight is 455 g/mol. The molecule has 0 aromatic heterocycles. The van der Waals surface area contributed by atoms with Crippen LogP contribution in [0.4, 0.5) is 0 Å². The molecule has 0 bridgehead atoms. The lowest BCUT2D eigenvalue weighted by Gasteiger charge is -2.17. The second-order valence-corrected chi connectivity index (χ2v) is 8.52. The predicted molar refractivity (Wildman–Crippen MR) is 127 cm³/mol. The van der Waals surface area contributed by atoms with Crippen molar-refractivity contribution in [1.82, 2.24) is 10.6 Å². The summed E-state index contributed by atoms with van der Waals surface area (Å²) in [6, 6.07) is -0.821. The molecule has 0 fully saturated rings. The number of hydrogen-bond donors (Lipinski definition) is 2. The molecule has 0 aliphatic rings. The van der Waals surface area contributed by atoms with Gasteiger partial charge in [0.25, 0.3) is 5.91 Å². The Kier molecular flexibility index (Phi) is 19.7. The summed E-state index contributed by atoms with van der Waals surface area (Å²) in [4.78, 5) is 47.8. The first-order valence-electron chi connectivity index (χ1n) is 12.6. The fourth-order valence-corrected chi connectivity index (χ4v) is 3.51. The Bertz CT molecular complexity index is 536. The molecule has 1 atom stereocenters. The van der Waals surface area contributed by atoms with E-state index in [9.17, 15) is 19.2 Å². The van der Waals surface area contributed by atoms with Gasteiger partial charge in [-0.3, -0.25) is 19.2 Å². The maximum absolute atomic E-state index is 12.3. The molecule has 0 heterocycles. The third-order valence-corrected chi connectivity index (χ3v) is 5.61. The van der Waals surface area contributed by atoms with Gasteiger partial charge in [0.05, 0.1) is 7.11 Å². The minimum Gasteiger partial charge on any atom is -0.468 e. The molecule has 0 rings (SSSR count). The van der Waals surface area contributed by atoms with Gasteiger partial charge >= 0.3 is 5.97 Å². The van der Waals surface area contributed by atoms with Gasteiger partial charge in [-0.25, -0.2) is 0 Å². The van der Waals surface area contributed by atoms with Gasteiger partial charge in [0.1, 0.15) is 12.6 Å². The van der Waals surface area contributed by atoms with Crippen molar-refractivity contribution >= 4 is 23.6 Å². The lowest BCUT2D eigenvalue weighted by Crippen LogP contribution is -2.49. The molecule has 0 radical (unpaired) electrons. The van der Waals surface area contributed by atoms with Crippen molar-refractivity contribution < 1.29 is 23.9 Å². The lowest BCUT2D eigenvalue weighted by molar-refractivity contribution is -0.142. The van der Waals surface area contributed by atoms with Gasteiger partial charge in [-0.05, 0) is 12.8 Å². The van der Waals surface area contributed by atoms with Crippen LogP contribution in [0.2, 0.25) is 0 Å². The van der Waals surface area contributed by atoms with Gasteiger partial charge in [0.15, 0.2) is 0 Å². The number of carbonyl (C=O) groups excluding carboxylic acids is 4. The number of esters is 1. The molecule has 32 heavy (non-hydrogen) atoms. The van der Waals surface area contributed by atoms with Crippen LogP contribution in [0.1, 0.15) is 117 Å². The number of unbranched alkanes of at least 4 members (excludes halogenated alkanes) is 12. The molecule has 2 amide bonds. The summed E-state index contributed by atoms with van der Waals surface area (Å²) in [6.45, 7) is 3.95. The van der Waals surface area contributed by atoms with E-state index in [1.807, 2.05) is 6.92 Å². The zero-order valence-electron chi connectivity index (χ0n) is 20.6. The molecule has 7 nitrogen and oxygen atoms in total. The van der Waals surface area contributed by atoms with Gasteiger partial charge < -0.3 is 15.4 Å². The van der Waals surface area contributed by atoms with E-state index in [0.717, 1.165) is 25.7 Å². The highest BCUT2D eigenvalue weighted by atomic mass is 16.5. The van der Waals surface area contributed by atoms with Crippen LogP contribution in [-0.4, -0.2) is 43.3 Å². The topological polar surface area (TPSA) is 102 Å². The number of hydrogen-bond acceptors (Lipinski definition) is 5. The number of ether oxygens (including phenoxy) is 1. The van der Waals surface area contributed by atoms with Crippen LogP contribution < -0.4 is 10.6 Å². The minimum absolute atomic E-state index is 0.202. The SMILES string of the molecule is CCCCCCCCCCCCCCC(=O)C(=O)NC(CCCC)C(=O)NCC(=O)OC. The summed E-state index contributed by atoms with van der Waals surface area (Å²) >= 11 is 0. The largest absolute Gasteiger partial charge is 0.468 e. The highest BCUT2D eigenvalue weighted by molar-refractivity contribution is 6.36. The number of carbonyl (C=O) groups is 4. The Hall–Kier alpha value is -1.92. The van der Waals surface area contributed by atoms with E-state index in [1.165, 1.54) is 64.9 Å². The first-order chi connectivity index (χ1) is 15.5. The summed E-state index contributed by atoms with van der Waals surface area (Å²) in [6.07, 6.45) is 16.6. The zero-order valence-corrected chi connectivity index (χ0v) is 20.6. The van der Waals surface area contributed by atoms with E-state index in [4.69, 9.17) is 0 Å². The lowest BCUT2D eigenvalue weighted by atomic mass is 10.0. The first-order valence-corrected chi connectivity index (χ1v) is 12.6. The number of amides is 2. The van der Waals surface area contributed by atoms with Gasteiger partial charge in [0, 0.05) is 6.42 Å². The van der Waals surface area contributed by atoms with Crippen molar-refractivity contribution in [3.63, 3.8) is 0 Å². The van der Waals surface area contributed by atoms with E-state index in [1.54, 1.807) is 0 Å². The average Bonchev–Trinajstić information content (AvgIpc) is 2.80. The number of ketones is 1. The van der Waals surface area contributed by atoms with E-state index in [2.05, 4.69) is 22.3 Å². The predicted octanol–water partition coefficient (Wildman–Crippen LogP) is 4.61. The molecular weight excluding hydrogens is 408 g/mol. The van der Waals surface area contributed by atoms with Crippen LogP contribution in [0.25, 0.3) is 0 Å². The Labute approximate surface area is 194 Å². The number of rotatable bonds is 21. The molecule has 0 saturated carbocycles. The van der Waals surface area contributed by atoms with Crippen LogP contribution in [0, 0.1) is 0 Å². The highest BCUT2D eigenvalue weighted by Crippen LogP contribution is 2.12. The quantitative estimate of drug-likeness (QED) is 0.150. The Morgan fingerprint density at radius 1 is 0.719 bits per heavy atom. The first kappa shape index (κ1) is 30.1. The molecule has 0 aliphatic heterocycles. The van der Waals surface area contributed by atoms with Crippen molar-refractivity contribution in [3.8, 4) is 0 Å². The van der Waals surface area contributed by atoms with Crippen molar-refractivity contribution in [1.29, 1.82) is 0 Å². The van der Waals surface area contributed by atoms with Gasteiger partial charge in [-0.15, -0.1) is 0 Å². The molecule has 1 unspecified atom stereocenters. The van der Waals surface area contributed by atoms with Gasteiger partial charge in [0.2, 0.25) is 11.7 Å².